The average molecular weight is 310 g/mol. The molecule has 0 bridgehead atoms. The Hall–Kier alpha value is -1.66. The van der Waals surface area contributed by atoms with Crippen LogP contribution in [0.1, 0.15) is 58.5 Å². The molecule has 0 unspecified atom stereocenters. The normalized spacial score (nSPS) is 24.6. The third kappa shape index (κ3) is 1.68. The molecule has 2 aliphatic carbocycles. The molecule has 0 aliphatic heterocycles. The van der Waals surface area contributed by atoms with Crippen LogP contribution in [0.25, 0.3) is 0 Å². The van der Waals surface area contributed by atoms with Gasteiger partial charge in [0.25, 0.3) is 0 Å². The molecule has 2 N–H and O–H groups in total. The molecule has 6 heteroatoms. The molecule has 0 spiro atoms. The number of hydrogen-bond acceptors (Lipinski definition) is 4. The van der Waals surface area contributed by atoms with Gasteiger partial charge in [0.2, 0.25) is 11.6 Å². The summed E-state index contributed by atoms with van der Waals surface area (Å²) in [6.45, 7) is 3.93. The number of aliphatic hydroxyl groups is 2. The zero-order valence-electron chi connectivity index (χ0n) is 12.2. The number of fused-ring (bicyclic) bond motifs is 3. The summed E-state index contributed by atoms with van der Waals surface area (Å²) in [5, 5.41) is 19.1. The topological polar surface area (TPSA) is 74.6 Å². The minimum atomic E-state index is -4.55. The van der Waals surface area contributed by atoms with Crippen LogP contribution in [0.4, 0.5) is 8.78 Å². The molecule has 22 heavy (non-hydrogen) atoms. The molecule has 1 aromatic carbocycles. The van der Waals surface area contributed by atoms with E-state index in [-0.39, 0.29) is 11.0 Å². The molecule has 0 heterocycles. The summed E-state index contributed by atoms with van der Waals surface area (Å²) in [7, 11) is 0. The number of ketones is 2. The highest BCUT2D eigenvalue weighted by Gasteiger charge is 2.67. The number of benzene rings is 1. The molecule has 1 aromatic rings. The van der Waals surface area contributed by atoms with Gasteiger partial charge < -0.3 is 10.2 Å². The smallest absolute Gasteiger partial charge is 0.354 e. The van der Waals surface area contributed by atoms with Crippen LogP contribution in [-0.2, 0) is 11.8 Å². The fourth-order valence-corrected chi connectivity index (χ4v) is 3.48. The minimum absolute atomic E-state index is 0.258. The maximum Gasteiger partial charge on any atom is 0.369 e. The maximum absolute atomic E-state index is 13.8. The van der Waals surface area contributed by atoms with Gasteiger partial charge >= 0.3 is 11.7 Å². The molecule has 0 radical (unpaired) electrons. The van der Waals surface area contributed by atoms with Crippen LogP contribution >= 0.6 is 0 Å². The van der Waals surface area contributed by atoms with Gasteiger partial charge in [0.05, 0.1) is 0 Å². The molecule has 0 atom stereocenters. The lowest BCUT2D eigenvalue weighted by Gasteiger charge is -2.38. The molecule has 2 aliphatic rings. The van der Waals surface area contributed by atoms with Crippen LogP contribution in [0.2, 0.25) is 0 Å². The Balaban J connectivity index is 2.34. The Kier molecular flexibility index (Phi) is 2.91. The van der Waals surface area contributed by atoms with Crippen molar-refractivity contribution in [1.29, 1.82) is 0 Å². The summed E-state index contributed by atoms with van der Waals surface area (Å²) in [5.41, 5.74) is 0.325. The van der Waals surface area contributed by atoms with Crippen LogP contribution in [0.3, 0.4) is 0 Å². The van der Waals surface area contributed by atoms with Crippen molar-refractivity contribution in [3.05, 3.63) is 34.4 Å². The van der Waals surface area contributed by atoms with E-state index >= 15 is 0 Å². The van der Waals surface area contributed by atoms with Crippen molar-refractivity contribution in [2.45, 2.75) is 50.2 Å². The van der Waals surface area contributed by atoms with Crippen LogP contribution in [0.5, 0.6) is 0 Å². The lowest BCUT2D eigenvalue weighted by molar-refractivity contribution is -0.237. The highest BCUT2D eigenvalue weighted by molar-refractivity contribution is 6.21. The second-order valence-corrected chi connectivity index (χ2v) is 6.66. The number of carbonyl (C=O) groups is 2. The molecule has 0 fully saturated rings. The average Bonchev–Trinajstić information content (AvgIpc) is 2.42. The van der Waals surface area contributed by atoms with E-state index in [4.69, 9.17) is 0 Å². The molecule has 118 valence electrons. The van der Waals surface area contributed by atoms with E-state index in [0.717, 1.165) is 18.4 Å². The Bertz CT molecular complexity index is 704. The zero-order chi connectivity index (χ0) is 16.5. The van der Waals surface area contributed by atoms with Gasteiger partial charge in [0, 0.05) is 11.1 Å². The summed E-state index contributed by atoms with van der Waals surface area (Å²) in [5.74, 6) is -11.8. The number of alkyl halides is 2. The van der Waals surface area contributed by atoms with Crippen molar-refractivity contribution < 1.29 is 28.6 Å². The van der Waals surface area contributed by atoms with E-state index in [9.17, 15) is 28.6 Å². The van der Waals surface area contributed by atoms with Crippen LogP contribution in [0.15, 0.2) is 12.1 Å². The van der Waals surface area contributed by atoms with Crippen LogP contribution in [0, 0.1) is 0 Å². The van der Waals surface area contributed by atoms with Crippen molar-refractivity contribution in [3.8, 4) is 0 Å². The number of rotatable bonds is 0. The molecular weight excluding hydrogens is 294 g/mol. The van der Waals surface area contributed by atoms with E-state index in [0.29, 0.717) is 12.0 Å². The summed E-state index contributed by atoms with van der Waals surface area (Å²) in [6.07, 6.45) is 2.04. The molecule has 0 saturated carbocycles. The van der Waals surface area contributed by atoms with Gasteiger partial charge in [-0.25, -0.2) is 0 Å². The van der Waals surface area contributed by atoms with E-state index < -0.39 is 28.8 Å². The highest BCUT2D eigenvalue weighted by Crippen LogP contribution is 2.45. The first kappa shape index (κ1) is 15.2. The van der Waals surface area contributed by atoms with Crippen molar-refractivity contribution >= 4 is 11.6 Å². The second kappa shape index (κ2) is 4.20. The number of carbonyl (C=O) groups excluding carboxylic acids is 2. The van der Waals surface area contributed by atoms with E-state index in [2.05, 4.69) is 0 Å². The molecule has 0 amide bonds. The van der Waals surface area contributed by atoms with Gasteiger partial charge in [-0.3, -0.25) is 9.59 Å². The Morgan fingerprint density at radius 1 is 1.09 bits per heavy atom. The van der Waals surface area contributed by atoms with Gasteiger partial charge in [-0.2, -0.15) is 8.78 Å². The lowest BCUT2D eigenvalue weighted by atomic mass is 9.68. The minimum Gasteiger partial charge on any atom is -0.354 e. The molecule has 0 saturated heterocycles. The Morgan fingerprint density at radius 3 is 2.36 bits per heavy atom. The number of Topliss-reactive ketones (excluding diaryl/α,β-unsaturated/α-hetero) is 2. The van der Waals surface area contributed by atoms with Crippen molar-refractivity contribution in [1.82, 2.24) is 0 Å². The predicted octanol–water partition coefficient (Wildman–Crippen LogP) is 2.00. The number of halogens is 2. The molecule has 0 aromatic heterocycles. The summed E-state index contributed by atoms with van der Waals surface area (Å²) in [6, 6.07) is 2.79. The first-order valence-corrected chi connectivity index (χ1v) is 7.10. The largest absolute Gasteiger partial charge is 0.369 e. The maximum atomic E-state index is 13.8. The Labute approximate surface area is 125 Å². The quantitative estimate of drug-likeness (QED) is 0.719. The van der Waals surface area contributed by atoms with Gasteiger partial charge in [0.1, 0.15) is 0 Å². The van der Waals surface area contributed by atoms with Crippen molar-refractivity contribution in [3.63, 3.8) is 0 Å². The predicted molar refractivity (Wildman–Crippen MR) is 73.2 cm³/mol. The summed E-state index contributed by atoms with van der Waals surface area (Å²) in [4.78, 5) is 24.2. The monoisotopic (exact) mass is 310 g/mol. The summed E-state index contributed by atoms with van der Waals surface area (Å²) < 4.78 is 27.6. The van der Waals surface area contributed by atoms with E-state index in [1.165, 1.54) is 6.07 Å². The van der Waals surface area contributed by atoms with Gasteiger partial charge in [0.15, 0.2) is 0 Å². The highest BCUT2D eigenvalue weighted by atomic mass is 19.3. The molecule has 4 nitrogen and oxygen atoms in total. The fraction of sp³-hybridized carbons (Fsp3) is 0.500. The van der Waals surface area contributed by atoms with Crippen molar-refractivity contribution in [2.24, 2.45) is 0 Å². The third-order valence-electron chi connectivity index (χ3n) is 4.78. The zero-order valence-corrected chi connectivity index (χ0v) is 12.2. The second-order valence-electron chi connectivity index (χ2n) is 6.66. The first-order valence-electron chi connectivity index (χ1n) is 7.10. The fourth-order valence-electron chi connectivity index (χ4n) is 3.48. The lowest BCUT2D eigenvalue weighted by Crippen LogP contribution is -2.62. The van der Waals surface area contributed by atoms with Gasteiger partial charge in [-0.15, -0.1) is 0 Å². The van der Waals surface area contributed by atoms with Crippen LogP contribution < -0.4 is 0 Å². The van der Waals surface area contributed by atoms with E-state index in [1.807, 2.05) is 13.8 Å². The molecular formula is C16H16F2O4. The SMILES string of the molecule is CC1(C)CCCc2c1ccc1c2C(=O)C(O)(O)C(F)(F)C1=O. The number of hydrogen-bond donors (Lipinski definition) is 2. The van der Waals surface area contributed by atoms with Gasteiger partial charge in [-0.05, 0) is 35.8 Å². The van der Waals surface area contributed by atoms with Gasteiger partial charge in [-0.1, -0.05) is 26.0 Å². The van der Waals surface area contributed by atoms with Crippen LogP contribution in [-0.4, -0.2) is 33.5 Å². The first-order chi connectivity index (χ1) is 10.0. The summed E-state index contributed by atoms with van der Waals surface area (Å²) >= 11 is 0. The van der Waals surface area contributed by atoms with E-state index in [1.54, 1.807) is 6.07 Å². The Morgan fingerprint density at radius 2 is 1.73 bits per heavy atom. The standard InChI is InChI=1S/C16H16F2O4/c1-14(2)7-3-4-8-10(14)6-5-9-11(8)13(20)16(21,22)15(17,18)12(9)19/h5-6,21-22H,3-4,7H2,1-2H3. The molecule has 3 rings (SSSR count). The van der Waals surface area contributed by atoms with Crippen molar-refractivity contribution in [2.75, 3.05) is 0 Å². The third-order valence-corrected chi connectivity index (χ3v) is 4.78.